The molecule has 90 heavy (non-hydrogen) atoms. The molecule has 1 aliphatic carbocycles. The molecule has 0 bridgehead atoms. The fourth-order valence-electron chi connectivity index (χ4n) is 12.3. The zero-order chi connectivity index (χ0) is 65.8. The van der Waals surface area contributed by atoms with Crippen LogP contribution in [0.3, 0.4) is 0 Å². The molecule has 0 N–H and O–H groups in total. The molecule has 0 aromatic heterocycles. The number of nitrogens with zero attached hydrogens (tertiary/aromatic N) is 2. The van der Waals surface area contributed by atoms with E-state index in [0.29, 0.717) is 94.5 Å². The predicted octanol–water partition coefficient (Wildman–Crippen LogP) is 14.5. The molecule has 4 amide bonds. The van der Waals surface area contributed by atoms with Crippen LogP contribution >= 0.6 is 24.0 Å². The van der Waals surface area contributed by atoms with E-state index in [0.717, 1.165) is 81.3 Å². The van der Waals surface area contributed by atoms with Gasteiger partial charge in [-0.2, -0.15) is 0 Å². The van der Waals surface area contributed by atoms with Crippen molar-refractivity contribution >= 4 is 71.7 Å². The highest BCUT2D eigenvalue weighted by Crippen LogP contribution is 2.44. The molecule has 504 valence electrons. The summed E-state index contributed by atoms with van der Waals surface area (Å²) in [6, 6.07) is 19.0. The fourth-order valence-corrected chi connectivity index (χ4v) is 12.3. The van der Waals surface area contributed by atoms with Gasteiger partial charge in [0, 0.05) is 71.9 Å². The number of rotatable bonds is 32. The van der Waals surface area contributed by atoms with Crippen molar-refractivity contribution in [1.29, 1.82) is 0 Å². The molecule has 7 atom stereocenters. The van der Waals surface area contributed by atoms with Crippen molar-refractivity contribution in [3.05, 3.63) is 105 Å². The number of ketones is 1. The number of methoxy groups -OCH3 is 5. The van der Waals surface area contributed by atoms with Gasteiger partial charge in [-0.15, -0.1) is 24.0 Å². The highest BCUT2D eigenvalue weighted by molar-refractivity contribution is 14.0. The highest BCUT2D eigenvalue weighted by atomic mass is 127. The number of carbonyl (C=O) groups excluding carboxylic acids is 8. The summed E-state index contributed by atoms with van der Waals surface area (Å²) in [4.78, 5) is 98.3. The molecular weight excluding hydrogens is 1260 g/mol. The zero-order valence-electron chi connectivity index (χ0n) is 56.6. The Morgan fingerprint density at radius 3 is 1.53 bits per heavy atom. The van der Waals surface area contributed by atoms with Gasteiger partial charge in [0.1, 0.15) is 19.0 Å². The van der Waals surface area contributed by atoms with Crippen LogP contribution in [0, 0.1) is 64.2 Å². The third-order valence-corrected chi connectivity index (χ3v) is 18.3. The second-order valence-corrected chi connectivity index (χ2v) is 24.2. The average Bonchev–Trinajstić information content (AvgIpc) is 1.63. The van der Waals surface area contributed by atoms with E-state index in [2.05, 4.69) is 53.2 Å². The van der Waals surface area contributed by atoms with Crippen molar-refractivity contribution in [2.75, 3.05) is 62.0 Å². The van der Waals surface area contributed by atoms with Crippen molar-refractivity contribution < 1.29 is 71.5 Å². The lowest BCUT2D eigenvalue weighted by Gasteiger charge is -2.28. The minimum Gasteiger partial charge on any atom is -0.469 e. The van der Waals surface area contributed by atoms with Crippen LogP contribution < -0.4 is 0 Å². The Balaban J connectivity index is 0.000000439. The fraction of sp³-hybridized carbons (Fsp3) is 0.639. The van der Waals surface area contributed by atoms with Crippen LogP contribution in [-0.2, 0) is 81.2 Å². The molecule has 1 saturated carbocycles. The monoisotopic (exact) mass is 1370 g/mol. The number of benzene rings is 3. The molecule has 3 fully saturated rings. The maximum absolute atomic E-state index is 13.2. The number of carbonyl (C=O) groups is 8. The number of hydrogen-bond acceptors (Lipinski definition) is 15. The van der Waals surface area contributed by atoms with E-state index in [-0.39, 0.29) is 85.4 Å². The van der Waals surface area contributed by atoms with E-state index < -0.39 is 18.1 Å². The first-order valence-electron chi connectivity index (χ1n) is 32.5. The van der Waals surface area contributed by atoms with Crippen LogP contribution in [-0.4, -0.2) is 132 Å². The first-order chi connectivity index (χ1) is 42.7. The number of cyclic esters (lactones) is 2. The summed E-state index contributed by atoms with van der Waals surface area (Å²) in [5.41, 5.74) is 10.3. The normalized spacial score (nSPS) is 18.0. The minimum atomic E-state index is -0.606. The van der Waals surface area contributed by atoms with E-state index in [9.17, 15) is 38.4 Å². The maximum atomic E-state index is 13.2. The molecule has 17 nitrogen and oxygen atoms in total. The van der Waals surface area contributed by atoms with Gasteiger partial charge >= 0.3 is 30.1 Å². The Bertz CT molecular complexity index is 2620. The molecule has 3 aliphatic rings. The Morgan fingerprint density at radius 2 is 1.03 bits per heavy atom. The van der Waals surface area contributed by atoms with Gasteiger partial charge in [0.25, 0.3) is 0 Å². The summed E-state index contributed by atoms with van der Waals surface area (Å²) >= 11 is 0. The largest absolute Gasteiger partial charge is 0.469 e. The van der Waals surface area contributed by atoms with Crippen molar-refractivity contribution in [3.63, 3.8) is 0 Å². The Labute approximate surface area is 555 Å². The molecule has 2 saturated heterocycles. The van der Waals surface area contributed by atoms with Crippen molar-refractivity contribution in [1.82, 2.24) is 9.80 Å². The summed E-state index contributed by atoms with van der Waals surface area (Å²) in [5, 5.41) is 0. The maximum Gasteiger partial charge on any atom is 0.416 e. The van der Waals surface area contributed by atoms with E-state index in [4.69, 9.17) is 28.4 Å². The van der Waals surface area contributed by atoms with E-state index in [1.54, 1.807) is 14.2 Å². The number of halogens is 1. The lowest BCUT2D eigenvalue weighted by molar-refractivity contribution is -0.142. The summed E-state index contributed by atoms with van der Waals surface area (Å²) in [6.45, 7) is 19.5. The van der Waals surface area contributed by atoms with Crippen LogP contribution in [0.4, 0.5) is 9.59 Å². The molecule has 2 aliphatic heterocycles. The van der Waals surface area contributed by atoms with Crippen LogP contribution in [0.1, 0.15) is 187 Å². The topological polar surface area (TPSA) is 208 Å². The van der Waals surface area contributed by atoms with Crippen LogP contribution in [0.5, 0.6) is 0 Å². The van der Waals surface area contributed by atoms with Gasteiger partial charge < -0.3 is 33.2 Å². The predicted molar refractivity (Wildman–Crippen MR) is 361 cm³/mol. The number of hydrogen-bond donors (Lipinski definition) is 0. The molecule has 18 heteroatoms. The van der Waals surface area contributed by atoms with Crippen LogP contribution in [0.2, 0.25) is 0 Å². The standard InChI is InChI=1S/C29H46O3.C21H29NO6.C17H23NO4.C5H10O2.HI/c1-18-12-16-28(19(18)2)25(10-9-11-29(31)32-8)13-14-26(30)15-17-27-23(6)21(4)20(3)22(5)24(27)7;1-26-13-7-6-10-17(11-12-19(23)27-2)20(24)22-18(15-28-21(22)25)14-16-8-4-3-5-9-16;1-21-11-7-3-6-10-16(19)18-15(13-22-17(18)20)12-14-8-4-2-5-9-14;1-3-4-5(6)7-2;/h18-19,25,28H,9-17H2,1-8H3;3-5,8-9,17-18H,6-7,10-15H2,1-2H3;2,4-5,8-9,15H,3,6-7,10-13H2,1H3;3-4H2,1-2H3;1H/t18-,19-,25?,28+;;;;/m1..../s1. The van der Waals surface area contributed by atoms with E-state index >= 15 is 0 Å². The molecule has 3 aromatic carbocycles. The van der Waals surface area contributed by atoms with Crippen molar-refractivity contribution in [3.8, 4) is 0 Å². The number of imide groups is 2. The molecular formula is C72H109IN2O15. The minimum absolute atomic E-state index is 0. The summed E-state index contributed by atoms with van der Waals surface area (Å²) in [6.07, 6.45) is 15.2. The number of esters is 3. The highest BCUT2D eigenvalue weighted by Gasteiger charge is 2.41. The lowest BCUT2D eigenvalue weighted by Crippen LogP contribution is -2.43. The van der Waals surface area contributed by atoms with Crippen molar-refractivity contribution in [2.45, 2.75) is 209 Å². The number of Topliss-reactive ketones (excluding diaryl/α,β-unsaturated/α-hetero) is 1. The van der Waals surface area contributed by atoms with E-state index in [1.165, 1.54) is 77.4 Å². The Kier molecular flexibility index (Phi) is 39.9. The quantitative estimate of drug-likeness (QED) is 0.0246. The number of ether oxygens (including phenoxy) is 7. The summed E-state index contributed by atoms with van der Waals surface area (Å²) in [7, 11) is 7.48. The van der Waals surface area contributed by atoms with Crippen LogP contribution in [0.15, 0.2) is 60.7 Å². The molecule has 0 radical (unpaired) electrons. The molecule has 0 spiro atoms. The van der Waals surface area contributed by atoms with Gasteiger partial charge in [-0.1, -0.05) is 101 Å². The number of unbranched alkanes of at least 4 members (excludes halogenated alkanes) is 3. The zero-order valence-corrected chi connectivity index (χ0v) is 59.0. The number of amides is 4. The van der Waals surface area contributed by atoms with Gasteiger partial charge in [0.2, 0.25) is 11.8 Å². The van der Waals surface area contributed by atoms with Gasteiger partial charge in [-0.05, 0) is 186 Å². The average molecular weight is 1370 g/mol. The smallest absolute Gasteiger partial charge is 0.416 e. The Morgan fingerprint density at radius 1 is 0.533 bits per heavy atom. The summed E-state index contributed by atoms with van der Waals surface area (Å²) in [5.74, 6) is 1.62. The van der Waals surface area contributed by atoms with Gasteiger partial charge in [-0.3, -0.25) is 28.8 Å². The van der Waals surface area contributed by atoms with Crippen LogP contribution in [0.25, 0.3) is 0 Å². The van der Waals surface area contributed by atoms with Gasteiger partial charge in [0.05, 0.1) is 33.4 Å². The molecule has 4 unspecified atom stereocenters. The molecule has 6 rings (SSSR count). The van der Waals surface area contributed by atoms with E-state index in [1.807, 2.05) is 67.6 Å². The second-order valence-electron chi connectivity index (χ2n) is 24.2. The van der Waals surface area contributed by atoms with Gasteiger partial charge in [-0.25, -0.2) is 19.4 Å². The van der Waals surface area contributed by atoms with Crippen molar-refractivity contribution in [2.24, 2.45) is 29.6 Å². The SMILES string of the molecule is CCCC(=O)OC.COC(=O)CCCC(CCC(=O)CCc1c(C)c(C)c(C)c(C)c1C)[C@H]1CC[C@@H](C)[C@H]1C.COCCCCC(CCC(=O)OC)C(=O)N1C(=O)OCC1Cc1ccccc1.COCCCCCC(=O)N1C(=O)OCC1Cc1ccccc1.I. The molecule has 3 aromatic rings. The Hall–Kier alpha value is -5.73. The third kappa shape index (κ3) is 27.6. The summed E-state index contributed by atoms with van der Waals surface area (Å²) < 4.78 is 34.1. The first-order valence-corrected chi connectivity index (χ1v) is 32.5. The first kappa shape index (κ1) is 80.4. The second kappa shape index (κ2) is 44.7. The molecule has 2 heterocycles. The van der Waals surface area contributed by atoms with Gasteiger partial charge in [0.15, 0.2) is 0 Å². The lowest BCUT2D eigenvalue weighted by atomic mass is 9.77. The third-order valence-electron chi connectivity index (χ3n) is 18.3.